The zero-order chi connectivity index (χ0) is 10.8. The van der Waals surface area contributed by atoms with Crippen LogP contribution >= 0.6 is 0 Å². The van der Waals surface area contributed by atoms with E-state index < -0.39 is 0 Å². The molecule has 0 aromatic carbocycles. The summed E-state index contributed by atoms with van der Waals surface area (Å²) in [6.45, 7) is 7.90. The molecule has 1 aliphatic rings. The molecule has 1 aliphatic carbocycles. The molecule has 1 rings (SSSR count). The average molecular weight is 196 g/mol. The van der Waals surface area contributed by atoms with Gasteiger partial charge in [-0.2, -0.15) is 0 Å². The molecular formula is C12H20O2. The van der Waals surface area contributed by atoms with E-state index in [1.165, 1.54) is 6.92 Å². The second-order valence-electron chi connectivity index (χ2n) is 4.57. The molecule has 0 amide bonds. The normalized spacial score (nSPS) is 33.9. The Bertz CT molecular complexity index is 245. The molecule has 0 N–H and O–H groups in total. The fourth-order valence-electron chi connectivity index (χ4n) is 2.06. The summed E-state index contributed by atoms with van der Waals surface area (Å²) in [5.41, 5.74) is 0.0976. The molecule has 2 heteroatoms. The van der Waals surface area contributed by atoms with Crippen LogP contribution in [0.15, 0.2) is 12.2 Å². The highest BCUT2D eigenvalue weighted by atomic mass is 16.5. The van der Waals surface area contributed by atoms with Gasteiger partial charge in [-0.05, 0) is 25.7 Å². The minimum Gasteiger partial charge on any atom is -0.462 e. The SMILES string of the molecule is CC(=O)OC(C)C1(C)CC=CCC1C. The average Bonchev–Trinajstić information content (AvgIpc) is 2.09. The van der Waals surface area contributed by atoms with Crippen molar-refractivity contribution in [1.29, 1.82) is 0 Å². The molecule has 0 aliphatic heterocycles. The number of hydrogen-bond acceptors (Lipinski definition) is 2. The fourth-order valence-corrected chi connectivity index (χ4v) is 2.06. The lowest BCUT2D eigenvalue weighted by molar-refractivity contribution is -0.154. The summed E-state index contributed by atoms with van der Waals surface area (Å²) < 4.78 is 5.29. The third-order valence-electron chi connectivity index (χ3n) is 3.61. The molecule has 3 atom stereocenters. The van der Waals surface area contributed by atoms with E-state index in [0.717, 1.165) is 12.8 Å². The number of carbonyl (C=O) groups excluding carboxylic acids is 1. The Balaban J connectivity index is 2.72. The summed E-state index contributed by atoms with van der Waals surface area (Å²) in [4.78, 5) is 10.9. The fraction of sp³-hybridized carbons (Fsp3) is 0.750. The number of allylic oxidation sites excluding steroid dienone is 2. The van der Waals surface area contributed by atoms with Crippen LogP contribution in [0.1, 0.15) is 40.5 Å². The summed E-state index contributed by atoms with van der Waals surface area (Å²) in [6, 6.07) is 0. The van der Waals surface area contributed by atoms with E-state index in [1.807, 2.05) is 6.92 Å². The summed E-state index contributed by atoms with van der Waals surface area (Å²) in [5, 5.41) is 0. The van der Waals surface area contributed by atoms with E-state index in [-0.39, 0.29) is 17.5 Å². The van der Waals surface area contributed by atoms with Gasteiger partial charge in [0.2, 0.25) is 0 Å². The minimum atomic E-state index is -0.180. The Kier molecular flexibility index (Phi) is 3.35. The highest BCUT2D eigenvalue weighted by molar-refractivity contribution is 5.66. The predicted molar refractivity (Wildman–Crippen MR) is 56.9 cm³/mol. The first-order valence-corrected chi connectivity index (χ1v) is 5.29. The van der Waals surface area contributed by atoms with Crippen molar-refractivity contribution in [3.63, 3.8) is 0 Å². The number of rotatable bonds is 2. The zero-order valence-corrected chi connectivity index (χ0v) is 9.54. The van der Waals surface area contributed by atoms with Crippen molar-refractivity contribution in [2.75, 3.05) is 0 Å². The van der Waals surface area contributed by atoms with E-state index in [0.29, 0.717) is 5.92 Å². The van der Waals surface area contributed by atoms with Gasteiger partial charge in [0.05, 0.1) is 0 Å². The van der Waals surface area contributed by atoms with Crippen molar-refractivity contribution in [3.8, 4) is 0 Å². The third-order valence-corrected chi connectivity index (χ3v) is 3.61. The largest absolute Gasteiger partial charge is 0.462 e. The maximum atomic E-state index is 10.9. The molecule has 3 unspecified atom stereocenters. The summed E-state index contributed by atoms with van der Waals surface area (Å²) in [7, 11) is 0. The summed E-state index contributed by atoms with van der Waals surface area (Å²) in [6.07, 6.45) is 6.50. The number of hydrogen-bond donors (Lipinski definition) is 0. The molecule has 0 saturated heterocycles. The topological polar surface area (TPSA) is 26.3 Å². The van der Waals surface area contributed by atoms with Crippen LogP contribution in [0.3, 0.4) is 0 Å². The molecular weight excluding hydrogens is 176 g/mol. The van der Waals surface area contributed by atoms with Crippen molar-refractivity contribution < 1.29 is 9.53 Å². The number of esters is 1. The van der Waals surface area contributed by atoms with E-state index in [4.69, 9.17) is 4.74 Å². The second kappa shape index (κ2) is 4.16. The number of carbonyl (C=O) groups is 1. The molecule has 0 heterocycles. The van der Waals surface area contributed by atoms with Gasteiger partial charge in [-0.3, -0.25) is 4.79 Å². The molecule has 0 radical (unpaired) electrons. The lowest BCUT2D eigenvalue weighted by Crippen LogP contribution is -2.39. The monoisotopic (exact) mass is 196 g/mol. The first-order chi connectivity index (χ1) is 6.47. The molecule has 14 heavy (non-hydrogen) atoms. The summed E-state index contributed by atoms with van der Waals surface area (Å²) in [5.74, 6) is 0.391. The van der Waals surface area contributed by atoms with Gasteiger partial charge in [0.25, 0.3) is 0 Å². The van der Waals surface area contributed by atoms with Crippen LogP contribution in [0.2, 0.25) is 0 Å². The highest BCUT2D eigenvalue weighted by Gasteiger charge is 2.38. The molecule has 0 bridgehead atoms. The lowest BCUT2D eigenvalue weighted by Gasteiger charge is -2.41. The van der Waals surface area contributed by atoms with Crippen molar-refractivity contribution >= 4 is 5.97 Å². The Morgan fingerprint density at radius 3 is 2.71 bits per heavy atom. The molecule has 0 spiro atoms. The Hall–Kier alpha value is -0.790. The van der Waals surface area contributed by atoms with Gasteiger partial charge in [0.1, 0.15) is 6.10 Å². The molecule has 0 fully saturated rings. The molecule has 0 aromatic rings. The van der Waals surface area contributed by atoms with Gasteiger partial charge in [-0.1, -0.05) is 26.0 Å². The van der Waals surface area contributed by atoms with Crippen LogP contribution < -0.4 is 0 Å². The Morgan fingerprint density at radius 2 is 2.21 bits per heavy atom. The second-order valence-corrected chi connectivity index (χ2v) is 4.57. The van der Waals surface area contributed by atoms with E-state index in [9.17, 15) is 4.79 Å². The first kappa shape index (κ1) is 11.3. The minimum absolute atomic E-state index is 0.0000463. The van der Waals surface area contributed by atoms with Gasteiger partial charge in [-0.25, -0.2) is 0 Å². The third kappa shape index (κ3) is 2.17. The van der Waals surface area contributed by atoms with Crippen LogP contribution in [0.5, 0.6) is 0 Å². The maximum absolute atomic E-state index is 10.9. The van der Waals surface area contributed by atoms with Crippen LogP contribution in [-0.4, -0.2) is 12.1 Å². The number of ether oxygens (including phenoxy) is 1. The zero-order valence-electron chi connectivity index (χ0n) is 9.54. The maximum Gasteiger partial charge on any atom is 0.302 e. The quantitative estimate of drug-likeness (QED) is 0.501. The Labute approximate surface area is 86.3 Å². The summed E-state index contributed by atoms with van der Waals surface area (Å²) >= 11 is 0. The van der Waals surface area contributed by atoms with Gasteiger partial charge in [0, 0.05) is 12.3 Å². The standard InChI is InChI=1S/C12H20O2/c1-9-7-5-6-8-12(9,4)10(2)14-11(3)13/h5-6,9-10H,7-8H2,1-4H3. The van der Waals surface area contributed by atoms with Crippen molar-refractivity contribution in [1.82, 2.24) is 0 Å². The molecule has 2 nitrogen and oxygen atoms in total. The van der Waals surface area contributed by atoms with Crippen LogP contribution in [0.25, 0.3) is 0 Å². The molecule has 80 valence electrons. The van der Waals surface area contributed by atoms with Crippen molar-refractivity contribution in [3.05, 3.63) is 12.2 Å². The molecule has 0 aromatic heterocycles. The van der Waals surface area contributed by atoms with Crippen LogP contribution in [-0.2, 0) is 9.53 Å². The van der Waals surface area contributed by atoms with Gasteiger partial charge in [-0.15, -0.1) is 0 Å². The van der Waals surface area contributed by atoms with Gasteiger partial charge >= 0.3 is 5.97 Å². The van der Waals surface area contributed by atoms with E-state index in [2.05, 4.69) is 26.0 Å². The lowest BCUT2D eigenvalue weighted by atomic mass is 9.68. The van der Waals surface area contributed by atoms with E-state index in [1.54, 1.807) is 0 Å². The van der Waals surface area contributed by atoms with Crippen molar-refractivity contribution in [2.24, 2.45) is 11.3 Å². The first-order valence-electron chi connectivity index (χ1n) is 5.29. The molecule has 0 saturated carbocycles. The highest BCUT2D eigenvalue weighted by Crippen LogP contribution is 2.41. The van der Waals surface area contributed by atoms with Gasteiger partial charge < -0.3 is 4.74 Å². The Morgan fingerprint density at radius 1 is 1.57 bits per heavy atom. The van der Waals surface area contributed by atoms with Crippen LogP contribution in [0.4, 0.5) is 0 Å². The van der Waals surface area contributed by atoms with E-state index >= 15 is 0 Å². The predicted octanol–water partition coefficient (Wildman–Crippen LogP) is 2.93. The van der Waals surface area contributed by atoms with Crippen LogP contribution in [0, 0.1) is 11.3 Å². The smallest absolute Gasteiger partial charge is 0.302 e. The van der Waals surface area contributed by atoms with Crippen molar-refractivity contribution in [2.45, 2.75) is 46.6 Å². The van der Waals surface area contributed by atoms with Gasteiger partial charge in [0.15, 0.2) is 0 Å².